The molecule has 2 heteroatoms. The van der Waals surface area contributed by atoms with E-state index in [1.165, 1.54) is 5.56 Å². The standard InChI is InChI=1S/C12H16N2.C2H6/c1-4-12-13-10-6-5-9(8(2)3)7-11(10)14-12;1-2/h5-8H,4H2,1-3H3,(H,13,14);1-2H3. The fraction of sp³-hybridized carbons (Fsp3) is 0.500. The van der Waals surface area contributed by atoms with E-state index in [0.717, 1.165) is 23.3 Å². The maximum atomic E-state index is 4.48. The molecule has 1 N–H and O–H groups in total. The summed E-state index contributed by atoms with van der Waals surface area (Å²) in [5.41, 5.74) is 3.60. The zero-order valence-electron chi connectivity index (χ0n) is 11.0. The molecule has 2 aromatic rings. The van der Waals surface area contributed by atoms with Gasteiger partial charge in [0.05, 0.1) is 11.0 Å². The largest absolute Gasteiger partial charge is 0.342 e. The molecule has 0 aliphatic carbocycles. The quantitative estimate of drug-likeness (QED) is 0.801. The summed E-state index contributed by atoms with van der Waals surface area (Å²) in [4.78, 5) is 7.81. The molecule has 0 saturated carbocycles. The van der Waals surface area contributed by atoms with E-state index in [9.17, 15) is 0 Å². The first-order valence-electron chi connectivity index (χ1n) is 6.19. The maximum absolute atomic E-state index is 4.48. The van der Waals surface area contributed by atoms with Crippen molar-refractivity contribution < 1.29 is 0 Å². The lowest BCUT2D eigenvalue weighted by molar-refractivity contribution is 0.868. The molecule has 0 unspecified atom stereocenters. The lowest BCUT2D eigenvalue weighted by atomic mass is 10.0. The molecule has 1 heterocycles. The summed E-state index contributed by atoms with van der Waals surface area (Å²) in [6.07, 6.45) is 0.964. The fourth-order valence-electron chi connectivity index (χ4n) is 1.61. The first-order valence-corrected chi connectivity index (χ1v) is 6.19. The molecule has 0 atom stereocenters. The molecule has 0 radical (unpaired) electrons. The molecule has 2 rings (SSSR count). The molecule has 0 saturated heterocycles. The molecule has 1 aromatic heterocycles. The summed E-state index contributed by atoms with van der Waals surface area (Å²) in [5.74, 6) is 1.65. The van der Waals surface area contributed by atoms with Gasteiger partial charge in [0.2, 0.25) is 0 Å². The van der Waals surface area contributed by atoms with Crippen LogP contribution in [0.25, 0.3) is 11.0 Å². The number of imidazole rings is 1. The lowest BCUT2D eigenvalue weighted by Gasteiger charge is -2.03. The van der Waals surface area contributed by atoms with E-state index in [1.54, 1.807) is 0 Å². The van der Waals surface area contributed by atoms with Crippen LogP contribution in [0.15, 0.2) is 18.2 Å². The van der Waals surface area contributed by atoms with Gasteiger partial charge in [-0.25, -0.2) is 4.98 Å². The van der Waals surface area contributed by atoms with Gasteiger partial charge in [0.1, 0.15) is 5.82 Å². The van der Waals surface area contributed by atoms with Crippen LogP contribution >= 0.6 is 0 Å². The Balaban J connectivity index is 0.000000606. The molecule has 16 heavy (non-hydrogen) atoms. The molecule has 0 aliphatic rings. The SMILES string of the molecule is CC.CCc1nc2ccc(C(C)C)cc2[nH]1. The number of aromatic nitrogens is 2. The van der Waals surface area contributed by atoms with Crippen LogP contribution in [-0.2, 0) is 6.42 Å². The van der Waals surface area contributed by atoms with Crippen molar-refractivity contribution >= 4 is 11.0 Å². The van der Waals surface area contributed by atoms with Crippen LogP contribution in [-0.4, -0.2) is 9.97 Å². The highest BCUT2D eigenvalue weighted by Crippen LogP contribution is 2.19. The number of aryl methyl sites for hydroxylation is 1. The summed E-state index contributed by atoms with van der Waals surface area (Å²) in [6, 6.07) is 6.46. The predicted octanol–water partition coefficient (Wildman–Crippen LogP) is 4.27. The van der Waals surface area contributed by atoms with E-state index < -0.39 is 0 Å². The van der Waals surface area contributed by atoms with Crippen LogP contribution in [0, 0.1) is 0 Å². The van der Waals surface area contributed by atoms with Gasteiger partial charge in [0, 0.05) is 6.42 Å². The Bertz CT molecular complexity index is 441. The van der Waals surface area contributed by atoms with Crippen LogP contribution in [0.2, 0.25) is 0 Å². The summed E-state index contributed by atoms with van der Waals surface area (Å²) in [6.45, 7) is 10.5. The van der Waals surface area contributed by atoms with Crippen molar-refractivity contribution in [3.8, 4) is 0 Å². The number of nitrogens with one attached hydrogen (secondary N) is 1. The van der Waals surface area contributed by atoms with Gasteiger partial charge in [-0.3, -0.25) is 0 Å². The molecular weight excluding hydrogens is 196 g/mol. The van der Waals surface area contributed by atoms with Crippen molar-refractivity contribution in [1.82, 2.24) is 9.97 Å². The van der Waals surface area contributed by atoms with E-state index in [0.29, 0.717) is 5.92 Å². The van der Waals surface area contributed by atoms with Crippen molar-refractivity contribution in [2.75, 3.05) is 0 Å². The first kappa shape index (κ1) is 12.8. The summed E-state index contributed by atoms with van der Waals surface area (Å²) < 4.78 is 0. The van der Waals surface area contributed by atoms with Crippen molar-refractivity contribution in [2.24, 2.45) is 0 Å². The van der Waals surface area contributed by atoms with Crippen molar-refractivity contribution in [3.05, 3.63) is 29.6 Å². The summed E-state index contributed by atoms with van der Waals surface area (Å²) in [7, 11) is 0. The van der Waals surface area contributed by atoms with Crippen LogP contribution < -0.4 is 0 Å². The number of H-pyrrole nitrogens is 1. The topological polar surface area (TPSA) is 28.7 Å². The highest BCUT2D eigenvalue weighted by molar-refractivity contribution is 5.76. The Hall–Kier alpha value is -1.31. The third kappa shape index (κ3) is 2.63. The third-order valence-corrected chi connectivity index (χ3v) is 2.56. The number of rotatable bonds is 2. The van der Waals surface area contributed by atoms with Gasteiger partial charge in [-0.1, -0.05) is 40.7 Å². The Labute approximate surface area is 98.1 Å². The molecular formula is C14H22N2. The monoisotopic (exact) mass is 218 g/mol. The number of fused-ring (bicyclic) bond motifs is 1. The Morgan fingerprint density at radius 2 is 1.94 bits per heavy atom. The molecule has 0 bridgehead atoms. The van der Waals surface area contributed by atoms with Gasteiger partial charge in [-0.05, 0) is 23.6 Å². The lowest BCUT2D eigenvalue weighted by Crippen LogP contribution is -1.85. The minimum absolute atomic E-state index is 0.577. The number of nitrogens with zero attached hydrogens (tertiary/aromatic N) is 1. The van der Waals surface area contributed by atoms with Gasteiger partial charge < -0.3 is 4.98 Å². The van der Waals surface area contributed by atoms with Crippen molar-refractivity contribution in [3.63, 3.8) is 0 Å². The fourth-order valence-corrected chi connectivity index (χ4v) is 1.61. The normalized spacial score (nSPS) is 10.4. The number of benzene rings is 1. The number of hydrogen-bond donors (Lipinski definition) is 1. The van der Waals surface area contributed by atoms with E-state index in [2.05, 4.69) is 48.9 Å². The minimum Gasteiger partial charge on any atom is -0.342 e. The van der Waals surface area contributed by atoms with Gasteiger partial charge in [0.15, 0.2) is 0 Å². The molecule has 2 nitrogen and oxygen atoms in total. The molecule has 88 valence electrons. The zero-order chi connectivity index (χ0) is 12.1. The van der Waals surface area contributed by atoms with E-state index in [1.807, 2.05) is 13.8 Å². The second-order valence-corrected chi connectivity index (χ2v) is 3.97. The second-order valence-electron chi connectivity index (χ2n) is 3.97. The second kappa shape index (κ2) is 5.69. The van der Waals surface area contributed by atoms with Gasteiger partial charge >= 0.3 is 0 Å². The van der Waals surface area contributed by atoms with Crippen LogP contribution in [0.1, 0.15) is 51.9 Å². The van der Waals surface area contributed by atoms with Crippen LogP contribution in [0.3, 0.4) is 0 Å². The van der Waals surface area contributed by atoms with Crippen molar-refractivity contribution in [1.29, 1.82) is 0 Å². The van der Waals surface area contributed by atoms with Gasteiger partial charge in [-0.2, -0.15) is 0 Å². The Morgan fingerprint density at radius 1 is 1.25 bits per heavy atom. The van der Waals surface area contributed by atoms with Gasteiger partial charge in [0.25, 0.3) is 0 Å². The molecule has 0 aliphatic heterocycles. The molecule has 0 fully saturated rings. The first-order chi connectivity index (χ1) is 7.70. The maximum Gasteiger partial charge on any atom is 0.106 e. The number of aromatic amines is 1. The predicted molar refractivity (Wildman–Crippen MR) is 70.9 cm³/mol. The Kier molecular flexibility index (Phi) is 4.53. The third-order valence-electron chi connectivity index (χ3n) is 2.56. The van der Waals surface area contributed by atoms with Crippen LogP contribution in [0.4, 0.5) is 0 Å². The highest BCUT2D eigenvalue weighted by Gasteiger charge is 2.04. The summed E-state index contributed by atoms with van der Waals surface area (Å²) in [5, 5.41) is 0. The summed E-state index contributed by atoms with van der Waals surface area (Å²) >= 11 is 0. The van der Waals surface area contributed by atoms with E-state index in [-0.39, 0.29) is 0 Å². The average molecular weight is 218 g/mol. The Morgan fingerprint density at radius 3 is 2.50 bits per heavy atom. The van der Waals surface area contributed by atoms with E-state index in [4.69, 9.17) is 0 Å². The number of hydrogen-bond acceptors (Lipinski definition) is 1. The minimum atomic E-state index is 0.577. The average Bonchev–Trinajstić information content (AvgIpc) is 2.73. The molecule has 1 aromatic carbocycles. The van der Waals surface area contributed by atoms with Crippen LogP contribution in [0.5, 0.6) is 0 Å². The zero-order valence-corrected chi connectivity index (χ0v) is 11.0. The molecule has 0 spiro atoms. The molecule has 0 amide bonds. The van der Waals surface area contributed by atoms with Gasteiger partial charge in [-0.15, -0.1) is 0 Å². The highest BCUT2D eigenvalue weighted by atomic mass is 14.9. The smallest absolute Gasteiger partial charge is 0.106 e. The van der Waals surface area contributed by atoms with Crippen molar-refractivity contribution in [2.45, 2.75) is 47.0 Å². The van der Waals surface area contributed by atoms with E-state index >= 15 is 0 Å².